The van der Waals surface area contributed by atoms with Gasteiger partial charge in [0.25, 0.3) is 0 Å². The van der Waals surface area contributed by atoms with Gasteiger partial charge in [-0.05, 0) is 61.9 Å². The lowest BCUT2D eigenvalue weighted by Crippen LogP contribution is -2.39. The van der Waals surface area contributed by atoms with Gasteiger partial charge in [0.15, 0.2) is 0 Å². The summed E-state index contributed by atoms with van der Waals surface area (Å²) in [5.74, 6) is 2.68. The predicted octanol–water partition coefficient (Wildman–Crippen LogP) is 6.14. The summed E-state index contributed by atoms with van der Waals surface area (Å²) >= 11 is 0. The highest BCUT2D eigenvalue weighted by molar-refractivity contribution is 5.59. The molecule has 0 unspecified atom stereocenters. The third kappa shape index (κ3) is 7.34. The second-order valence-corrected chi connectivity index (χ2v) is 10.6. The molecule has 1 saturated heterocycles. The topological polar surface area (TPSA) is 87.2 Å². The Kier molecular flexibility index (Phi) is 8.91. The molecular weight excluding hydrogens is 474 g/mol. The molecule has 2 aliphatic rings. The number of nitrogens with one attached hydrogen (secondary N) is 3. The van der Waals surface area contributed by atoms with Crippen molar-refractivity contribution in [2.75, 3.05) is 36.1 Å². The number of ether oxygens (including phenoxy) is 1. The van der Waals surface area contributed by atoms with Gasteiger partial charge in [-0.3, -0.25) is 4.90 Å². The summed E-state index contributed by atoms with van der Waals surface area (Å²) in [6.45, 7) is 5.15. The van der Waals surface area contributed by atoms with E-state index in [9.17, 15) is 0 Å². The van der Waals surface area contributed by atoms with Crippen molar-refractivity contribution in [1.29, 1.82) is 0 Å². The van der Waals surface area contributed by atoms with E-state index in [1.165, 1.54) is 31.2 Å². The van der Waals surface area contributed by atoms with Crippen LogP contribution >= 0.6 is 0 Å². The van der Waals surface area contributed by atoms with Gasteiger partial charge in [0.1, 0.15) is 5.75 Å². The van der Waals surface area contributed by atoms with Crippen LogP contribution in [-0.4, -0.2) is 52.1 Å². The van der Waals surface area contributed by atoms with Crippen LogP contribution in [0.1, 0.15) is 62.5 Å². The van der Waals surface area contributed by atoms with E-state index in [2.05, 4.69) is 57.2 Å². The van der Waals surface area contributed by atoms with E-state index in [-0.39, 0.29) is 0 Å². The van der Waals surface area contributed by atoms with Crippen molar-refractivity contribution in [3.8, 4) is 5.75 Å². The number of rotatable bonds is 9. The first-order valence-electron chi connectivity index (χ1n) is 14.1. The number of hydrogen-bond donors (Lipinski definition) is 3. The van der Waals surface area contributed by atoms with Gasteiger partial charge in [-0.15, -0.1) is 0 Å². The van der Waals surface area contributed by atoms with Crippen LogP contribution < -0.4 is 20.7 Å². The average molecular weight is 516 g/mol. The molecule has 0 atom stereocenters. The maximum atomic E-state index is 5.42. The summed E-state index contributed by atoms with van der Waals surface area (Å²) in [5, 5.41) is 10.6. The molecule has 0 bridgehead atoms. The van der Waals surface area contributed by atoms with Crippen molar-refractivity contribution >= 4 is 23.5 Å². The molecule has 0 spiro atoms. The standard InChI is InChI=1S/C30H41N7O/c1-22-20-26(14-15-27(22)38-2)33-30-35-28(31-24-12-8-3-4-9-13-24)34-29(36-30)32-25-16-18-37(19-17-25)21-23-10-6-5-7-11-23/h5-7,10-11,14-15,20,24-25H,3-4,8-9,12-13,16-19,21H2,1-2H3,(H3,31,32,33,34,35,36). The SMILES string of the molecule is COc1ccc(Nc2nc(NC3CCCCCC3)nc(NC3CCN(Cc4ccccc4)CC3)n2)cc1C. The van der Waals surface area contributed by atoms with Crippen molar-refractivity contribution in [1.82, 2.24) is 19.9 Å². The molecule has 0 amide bonds. The molecule has 2 heterocycles. The molecule has 1 saturated carbocycles. The van der Waals surface area contributed by atoms with Crippen molar-refractivity contribution < 1.29 is 4.74 Å². The van der Waals surface area contributed by atoms with Gasteiger partial charge >= 0.3 is 0 Å². The normalized spacial score (nSPS) is 17.5. The molecule has 5 rings (SSSR count). The lowest BCUT2D eigenvalue weighted by molar-refractivity contribution is 0.211. The van der Waals surface area contributed by atoms with Crippen molar-refractivity contribution in [3.05, 3.63) is 59.7 Å². The fraction of sp³-hybridized carbons (Fsp3) is 0.500. The minimum absolute atomic E-state index is 0.339. The third-order valence-electron chi connectivity index (χ3n) is 7.64. The maximum Gasteiger partial charge on any atom is 0.233 e. The smallest absolute Gasteiger partial charge is 0.233 e. The minimum Gasteiger partial charge on any atom is -0.496 e. The molecule has 1 aliphatic heterocycles. The Morgan fingerprint density at radius 3 is 2.05 bits per heavy atom. The number of aryl methyl sites for hydroxylation is 1. The Labute approximate surface area is 226 Å². The lowest BCUT2D eigenvalue weighted by atomic mass is 10.0. The number of benzene rings is 2. The largest absolute Gasteiger partial charge is 0.496 e. The van der Waals surface area contributed by atoms with Crippen LogP contribution in [0.3, 0.4) is 0 Å². The zero-order valence-corrected chi connectivity index (χ0v) is 22.7. The monoisotopic (exact) mass is 515 g/mol. The van der Waals surface area contributed by atoms with E-state index in [1.54, 1.807) is 7.11 Å². The summed E-state index contributed by atoms with van der Waals surface area (Å²) in [6.07, 6.45) is 9.58. The molecule has 1 aromatic heterocycles. The average Bonchev–Trinajstić information content (AvgIpc) is 3.19. The van der Waals surface area contributed by atoms with Gasteiger partial charge in [-0.1, -0.05) is 56.0 Å². The van der Waals surface area contributed by atoms with Gasteiger partial charge in [-0.2, -0.15) is 15.0 Å². The van der Waals surface area contributed by atoms with E-state index < -0.39 is 0 Å². The molecular formula is C30H41N7O. The number of anilines is 4. The van der Waals surface area contributed by atoms with Crippen LogP contribution in [0.4, 0.5) is 23.5 Å². The van der Waals surface area contributed by atoms with E-state index in [0.29, 0.717) is 29.9 Å². The lowest BCUT2D eigenvalue weighted by Gasteiger charge is -2.32. The minimum atomic E-state index is 0.339. The first kappa shape index (κ1) is 26.2. The Morgan fingerprint density at radius 2 is 1.42 bits per heavy atom. The van der Waals surface area contributed by atoms with Crippen LogP contribution in [-0.2, 0) is 6.54 Å². The molecule has 2 aromatic carbocycles. The van der Waals surface area contributed by atoms with Gasteiger partial charge < -0.3 is 20.7 Å². The molecule has 38 heavy (non-hydrogen) atoms. The molecule has 0 radical (unpaired) electrons. The van der Waals surface area contributed by atoms with Crippen LogP contribution in [0.2, 0.25) is 0 Å². The first-order valence-corrected chi connectivity index (χ1v) is 14.1. The summed E-state index contributed by atoms with van der Waals surface area (Å²) in [5.41, 5.74) is 3.36. The third-order valence-corrected chi connectivity index (χ3v) is 7.64. The van der Waals surface area contributed by atoms with Crippen molar-refractivity contribution in [3.63, 3.8) is 0 Å². The quantitative estimate of drug-likeness (QED) is 0.293. The highest BCUT2D eigenvalue weighted by Gasteiger charge is 2.21. The Hall–Kier alpha value is -3.39. The molecule has 8 heteroatoms. The van der Waals surface area contributed by atoms with Crippen molar-refractivity contribution in [2.45, 2.75) is 76.9 Å². The van der Waals surface area contributed by atoms with Gasteiger partial charge in [0, 0.05) is 37.4 Å². The van der Waals surface area contributed by atoms with E-state index in [4.69, 9.17) is 19.7 Å². The number of piperidine rings is 1. The van der Waals surface area contributed by atoms with Gasteiger partial charge in [0.05, 0.1) is 7.11 Å². The second kappa shape index (κ2) is 12.9. The zero-order chi connectivity index (χ0) is 26.2. The summed E-state index contributed by atoms with van der Waals surface area (Å²) < 4.78 is 5.42. The van der Waals surface area contributed by atoms with Crippen LogP contribution in [0.15, 0.2) is 48.5 Å². The van der Waals surface area contributed by atoms with Crippen LogP contribution in [0, 0.1) is 6.92 Å². The summed E-state index contributed by atoms with van der Waals surface area (Å²) in [4.78, 5) is 16.9. The van der Waals surface area contributed by atoms with E-state index >= 15 is 0 Å². The molecule has 8 nitrogen and oxygen atoms in total. The fourth-order valence-corrected chi connectivity index (χ4v) is 5.51. The number of hydrogen-bond acceptors (Lipinski definition) is 8. The van der Waals surface area contributed by atoms with Crippen molar-refractivity contribution in [2.24, 2.45) is 0 Å². The Balaban J connectivity index is 1.27. The molecule has 3 aromatic rings. The van der Waals surface area contributed by atoms with Crippen LogP contribution in [0.25, 0.3) is 0 Å². The number of aromatic nitrogens is 3. The zero-order valence-electron chi connectivity index (χ0n) is 22.7. The molecule has 1 aliphatic carbocycles. The second-order valence-electron chi connectivity index (χ2n) is 10.6. The first-order chi connectivity index (χ1) is 18.6. The number of methoxy groups -OCH3 is 1. The summed E-state index contributed by atoms with van der Waals surface area (Å²) in [6, 6.07) is 17.5. The van der Waals surface area contributed by atoms with E-state index in [0.717, 1.165) is 62.3 Å². The number of likely N-dealkylation sites (tertiary alicyclic amines) is 1. The predicted molar refractivity (Wildman–Crippen MR) is 154 cm³/mol. The number of nitrogens with zero attached hydrogens (tertiary/aromatic N) is 4. The highest BCUT2D eigenvalue weighted by atomic mass is 16.5. The molecule has 3 N–H and O–H groups in total. The van der Waals surface area contributed by atoms with E-state index in [1.807, 2.05) is 19.1 Å². The van der Waals surface area contributed by atoms with Gasteiger partial charge in [-0.25, -0.2) is 0 Å². The van der Waals surface area contributed by atoms with Gasteiger partial charge in [0.2, 0.25) is 17.8 Å². The molecule has 2 fully saturated rings. The van der Waals surface area contributed by atoms with Crippen LogP contribution in [0.5, 0.6) is 5.75 Å². The maximum absolute atomic E-state index is 5.42. The fourth-order valence-electron chi connectivity index (χ4n) is 5.51. The summed E-state index contributed by atoms with van der Waals surface area (Å²) in [7, 11) is 1.69. The Morgan fingerprint density at radius 1 is 0.789 bits per heavy atom. The highest BCUT2D eigenvalue weighted by Crippen LogP contribution is 2.25. The Bertz CT molecular complexity index is 1160. The molecule has 202 valence electrons.